The lowest BCUT2D eigenvalue weighted by molar-refractivity contribution is -0.120. The molecule has 0 saturated carbocycles. The van der Waals surface area contributed by atoms with Gasteiger partial charge in [-0.2, -0.15) is 0 Å². The van der Waals surface area contributed by atoms with E-state index in [-0.39, 0.29) is 35.5 Å². The zero-order chi connectivity index (χ0) is 15.2. The molecule has 0 saturated heterocycles. The molecule has 3 nitrogen and oxygen atoms in total. The van der Waals surface area contributed by atoms with Gasteiger partial charge in [-0.25, -0.2) is 4.39 Å². The molecule has 0 bridgehead atoms. The van der Waals surface area contributed by atoms with Gasteiger partial charge >= 0.3 is 0 Å². The van der Waals surface area contributed by atoms with E-state index >= 15 is 0 Å². The molecular formula is C15H22FNO2S. The second-order valence-corrected chi connectivity index (χ2v) is 6.79. The summed E-state index contributed by atoms with van der Waals surface area (Å²) < 4.78 is 12.8. The summed E-state index contributed by atoms with van der Waals surface area (Å²) in [7, 11) is 0. The lowest BCUT2D eigenvalue weighted by Gasteiger charge is -2.31. The molecule has 1 rings (SSSR count). The van der Waals surface area contributed by atoms with Crippen LogP contribution in [0.5, 0.6) is 0 Å². The van der Waals surface area contributed by atoms with E-state index in [1.165, 1.54) is 23.9 Å². The molecule has 0 aliphatic heterocycles. The van der Waals surface area contributed by atoms with Crippen LogP contribution in [-0.4, -0.2) is 29.4 Å². The van der Waals surface area contributed by atoms with Crippen molar-refractivity contribution in [1.82, 2.24) is 5.32 Å². The predicted octanol–water partition coefficient (Wildman–Crippen LogP) is 2.83. The van der Waals surface area contributed by atoms with Gasteiger partial charge in [-0.1, -0.05) is 20.8 Å². The highest BCUT2D eigenvalue weighted by Gasteiger charge is 2.25. The van der Waals surface area contributed by atoms with Crippen LogP contribution in [0.4, 0.5) is 4.39 Å². The van der Waals surface area contributed by atoms with Crippen molar-refractivity contribution < 1.29 is 14.3 Å². The maximum absolute atomic E-state index is 12.8. The highest BCUT2D eigenvalue weighted by atomic mass is 32.2. The van der Waals surface area contributed by atoms with Crippen molar-refractivity contribution >= 4 is 17.7 Å². The SMILES string of the molecule is CC(C)(C)C(CCO)NC(=O)CSc1ccc(F)cc1. The summed E-state index contributed by atoms with van der Waals surface area (Å²) >= 11 is 1.37. The number of thioether (sulfide) groups is 1. The maximum atomic E-state index is 12.8. The molecule has 0 aromatic heterocycles. The smallest absolute Gasteiger partial charge is 0.230 e. The lowest BCUT2D eigenvalue weighted by Crippen LogP contribution is -2.45. The summed E-state index contributed by atoms with van der Waals surface area (Å²) in [5.41, 5.74) is -0.0983. The van der Waals surface area contributed by atoms with Gasteiger partial charge in [-0.15, -0.1) is 11.8 Å². The molecule has 1 aromatic rings. The molecule has 20 heavy (non-hydrogen) atoms. The number of aliphatic hydroxyl groups excluding tert-OH is 1. The van der Waals surface area contributed by atoms with Gasteiger partial charge in [0.05, 0.1) is 5.75 Å². The van der Waals surface area contributed by atoms with Crippen LogP contribution in [0.2, 0.25) is 0 Å². The number of benzene rings is 1. The van der Waals surface area contributed by atoms with Crippen molar-refractivity contribution in [2.45, 2.75) is 38.1 Å². The Morgan fingerprint density at radius 1 is 1.35 bits per heavy atom. The third kappa shape index (κ3) is 5.92. The normalized spacial score (nSPS) is 13.1. The third-order valence-corrected chi connectivity index (χ3v) is 3.99. The van der Waals surface area contributed by atoms with Gasteiger partial charge < -0.3 is 10.4 Å². The Morgan fingerprint density at radius 3 is 2.45 bits per heavy atom. The summed E-state index contributed by atoms with van der Waals surface area (Å²) in [5.74, 6) is -0.0776. The van der Waals surface area contributed by atoms with Crippen LogP contribution in [0.3, 0.4) is 0 Å². The standard InChI is InChI=1S/C15H22FNO2S/c1-15(2,3)13(8-9-18)17-14(19)10-20-12-6-4-11(16)5-7-12/h4-7,13,18H,8-10H2,1-3H3,(H,17,19). The number of halogens is 1. The molecule has 0 aliphatic carbocycles. The summed E-state index contributed by atoms with van der Waals surface area (Å²) in [6, 6.07) is 6.01. The minimum absolute atomic E-state index is 0.0489. The number of hydrogen-bond donors (Lipinski definition) is 2. The van der Waals surface area contributed by atoms with Gasteiger partial charge in [0.1, 0.15) is 5.82 Å². The van der Waals surface area contributed by atoms with Crippen LogP contribution in [-0.2, 0) is 4.79 Å². The molecule has 2 N–H and O–H groups in total. The van der Waals surface area contributed by atoms with Crippen molar-refractivity contribution in [2.24, 2.45) is 5.41 Å². The van der Waals surface area contributed by atoms with Gasteiger partial charge in [0, 0.05) is 17.5 Å². The molecular weight excluding hydrogens is 277 g/mol. The Labute approximate surface area is 124 Å². The van der Waals surface area contributed by atoms with Crippen molar-refractivity contribution in [3.05, 3.63) is 30.1 Å². The molecule has 112 valence electrons. The largest absolute Gasteiger partial charge is 0.396 e. The average molecular weight is 299 g/mol. The minimum atomic E-state index is -0.283. The van der Waals surface area contributed by atoms with Crippen LogP contribution in [0, 0.1) is 11.2 Å². The van der Waals surface area contributed by atoms with Crippen molar-refractivity contribution in [2.75, 3.05) is 12.4 Å². The van der Waals surface area contributed by atoms with Crippen LogP contribution < -0.4 is 5.32 Å². The molecule has 0 fully saturated rings. The van der Waals surface area contributed by atoms with E-state index < -0.39 is 0 Å². The van der Waals surface area contributed by atoms with Crippen LogP contribution in [0.25, 0.3) is 0 Å². The molecule has 0 aliphatic rings. The molecule has 1 atom stereocenters. The summed E-state index contributed by atoms with van der Waals surface area (Å²) in [5, 5.41) is 12.0. The number of hydrogen-bond acceptors (Lipinski definition) is 3. The van der Waals surface area contributed by atoms with Gasteiger partial charge in [-0.05, 0) is 36.1 Å². The first-order valence-corrected chi connectivity index (χ1v) is 7.60. The highest BCUT2D eigenvalue weighted by Crippen LogP contribution is 2.22. The number of nitrogens with one attached hydrogen (secondary N) is 1. The number of rotatable bonds is 6. The zero-order valence-electron chi connectivity index (χ0n) is 12.1. The average Bonchev–Trinajstić information content (AvgIpc) is 2.36. The topological polar surface area (TPSA) is 49.3 Å². The second kappa shape index (κ2) is 7.64. The Balaban J connectivity index is 2.47. The van der Waals surface area contributed by atoms with Crippen LogP contribution in [0.15, 0.2) is 29.2 Å². The molecule has 0 radical (unpaired) electrons. The van der Waals surface area contributed by atoms with Gasteiger partial charge in [0.15, 0.2) is 0 Å². The van der Waals surface area contributed by atoms with E-state index in [4.69, 9.17) is 5.11 Å². The van der Waals surface area contributed by atoms with E-state index in [1.807, 2.05) is 20.8 Å². The highest BCUT2D eigenvalue weighted by molar-refractivity contribution is 8.00. The fourth-order valence-electron chi connectivity index (χ4n) is 1.77. The second-order valence-electron chi connectivity index (χ2n) is 5.74. The molecule has 5 heteroatoms. The fraction of sp³-hybridized carbons (Fsp3) is 0.533. The Bertz CT molecular complexity index is 428. The van der Waals surface area contributed by atoms with Gasteiger partial charge in [-0.3, -0.25) is 4.79 Å². The quantitative estimate of drug-likeness (QED) is 0.794. The first-order chi connectivity index (χ1) is 9.32. The first kappa shape index (κ1) is 17.0. The first-order valence-electron chi connectivity index (χ1n) is 6.61. The predicted molar refractivity (Wildman–Crippen MR) is 80.2 cm³/mol. The van der Waals surface area contributed by atoms with Crippen molar-refractivity contribution in [3.63, 3.8) is 0 Å². The zero-order valence-corrected chi connectivity index (χ0v) is 13.0. The number of amides is 1. The number of carbonyl (C=O) groups is 1. The van der Waals surface area contributed by atoms with Gasteiger partial charge in [0.25, 0.3) is 0 Å². The number of aliphatic hydroxyl groups is 1. The van der Waals surface area contributed by atoms with E-state index in [0.29, 0.717) is 6.42 Å². The summed E-state index contributed by atoms with van der Waals surface area (Å²) in [6.07, 6.45) is 0.538. The fourth-order valence-corrected chi connectivity index (χ4v) is 2.48. The molecule has 1 unspecified atom stereocenters. The Hall–Kier alpha value is -1.07. The van der Waals surface area contributed by atoms with Crippen molar-refractivity contribution in [1.29, 1.82) is 0 Å². The van der Waals surface area contributed by atoms with Crippen LogP contribution >= 0.6 is 11.8 Å². The molecule has 0 heterocycles. The van der Waals surface area contributed by atoms with E-state index in [0.717, 1.165) is 4.90 Å². The monoisotopic (exact) mass is 299 g/mol. The lowest BCUT2D eigenvalue weighted by atomic mass is 9.85. The summed E-state index contributed by atoms with van der Waals surface area (Å²) in [4.78, 5) is 12.8. The molecule has 1 amide bonds. The van der Waals surface area contributed by atoms with E-state index in [1.54, 1.807) is 12.1 Å². The maximum Gasteiger partial charge on any atom is 0.230 e. The molecule has 0 spiro atoms. The van der Waals surface area contributed by atoms with Crippen LogP contribution in [0.1, 0.15) is 27.2 Å². The summed E-state index contributed by atoms with van der Waals surface area (Å²) in [6.45, 7) is 6.13. The van der Waals surface area contributed by atoms with E-state index in [9.17, 15) is 9.18 Å². The third-order valence-electron chi connectivity index (χ3n) is 2.98. The molecule has 1 aromatic carbocycles. The Kier molecular flexibility index (Phi) is 6.49. The Morgan fingerprint density at radius 2 is 1.95 bits per heavy atom. The number of carbonyl (C=O) groups excluding carboxylic acids is 1. The van der Waals surface area contributed by atoms with E-state index in [2.05, 4.69) is 5.32 Å². The minimum Gasteiger partial charge on any atom is -0.396 e. The van der Waals surface area contributed by atoms with Gasteiger partial charge in [0.2, 0.25) is 5.91 Å². The van der Waals surface area contributed by atoms with Crippen molar-refractivity contribution in [3.8, 4) is 0 Å².